The van der Waals surface area contributed by atoms with Crippen LogP contribution in [0.3, 0.4) is 0 Å². The molecule has 0 aromatic heterocycles. The molecule has 0 aliphatic carbocycles. The van der Waals surface area contributed by atoms with Gasteiger partial charge in [0.1, 0.15) is 5.60 Å². The van der Waals surface area contributed by atoms with Gasteiger partial charge in [0.2, 0.25) is 0 Å². The number of carbonyl (C=O) groups is 1. The number of anilines is 1. The van der Waals surface area contributed by atoms with Gasteiger partial charge in [-0.15, -0.1) is 0 Å². The van der Waals surface area contributed by atoms with E-state index in [2.05, 4.69) is 4.72 Å². The normalized spacial score (nSPS) is 23.5. The van der Waals surface area contributed by atoms with Crippen LogP contribution in [0.25, 0.3) is 0 Å². The first-order valence-electron chi connectivity index (χ1n) is 8.51. The van der Waals surface area contributed by atoms with Gasteiger partial charge in [0.25, 0.3) is 0 Å². The van der Waals surface area contributed by atoms with E-state index in [1.54, 1.807) is 11.0 Å². The van der Waals surface area contributed by atoms with E-state index in [1.165, 1.54) is 4.31 Å². The quantitative estimate of drug-likeness (QED) is 0.827. The number of likely N-dealkylation sites (tertiary alicyclic amines) is 1. The van der Waals surface area contributed by atoms with E-state index < -0.39 is 15.8 Å². The zero-order valence-electron chi connectivity index (χ0n) is 14.9. The number of nitrogens with one attached hydrogen (secondary N) is 1. The second-order valence-electron chi connectivity index (χ2n) is 7.53. The molecule has 1 aromatic rings. The molecule has 0 spiro atoms. The van der Waals surface area contributed by atoms with E-state index in [0.29, 0.717) is 25.3 Å². The number of para-hydroxylation sites is 1. The number of amides is 1. The van der Waals surface area contributed by atoms with Crippen LogP contribution in [0.1, 0.15) is 39.2 Å². The molecule has 1 amide bonds. The number of ether oxygens (including phenoxy) is 1. The minimum absolute atomic E-state index is 0.257. The van der Waals surface area contributed by atoms with Crippen LogP contribution in [0.2, 0.25) is 0 Å². The molecule has 1 fully saturated rings. The molecule has 3 rings (SSSR count). The van der Waals surface area contributed by atoms with E-state index in [1.807, 2.05) is 39.0 Å². The van der Waals surface area contributed by atoms with E-state index in [9.17, 15) is 13.2 Å². The van der Waals surface area contributed by atoms with Crippen LogP contribution < -0.4 is 4.72 Å². The molecular formula is C17H25N3O4S. The molecule has 2 aliphatic heterocycles. The fraction of sp³-hybridized carbons (Fsp3) is 0.588. The van der Waals surface area contributed by atoms with Crippen LogP contribution in [0.5, 0.6) is 0 Å². The van der Waals surface area contributed by atoms with Crippen LogP contribution in [0.4, 0.5) is 10.5 Å². The fourth-order valence-corrected chi connectivity index (χ4v) is 4.68. The summed E-state index contributed by atoms with van der Waals surface area (Å²) < 4.78 is 34.8. The third kappa shape index (κ3) is 4.07. The van der Waals surface area contributed by atoms with Crippen LogP contribution in [-0.2, 0) is 21.5 Å². The van der Waals surface area contributed by atoms with Gasteiger partial charge in [-0.25, -0.2) is 4.79 Å². The van der Waals surface area contributed by atoms with Crippen molar-refractivity contribution in [3.05, 3.63) is 29.8 Å². The van der Waals surface area contributed by atoms with Crippen molar-refractivity contribution in [1.82, 2.24) is 9.21 Å². The summed E-state index contributed by atoms with van der Waals surface area (Å²) in [6.07, 6.45) is 1.08. The van der Waals surface area contributed by atoms with Gasteiger partial charge < -0.3 is 9.64 Å². The summed E-state index contributed by atoms with van der Waals surface area (Å²) in [6.45, 7) is 6.71. The standard InChI is InChI=1S/C17H25N3O4S/c1-17(2,3)24-16(21)19-10-6-8-14(12-19)20-11-13-7-4-5-9-15(13)18-25(20,22)23/h4-5,7,9,14,18H,6,8,10-12H2,1-3H3/t14-/m1/s1. The third-order valence-corrected chi connectivity index (χ3v) is 5.87. The highest BCUT2D eigenvalue weighted by Crippen LogP contribution is 2.30. The van der Waals surface area contributed by atoms with Crippen LogP contribution >= 0.6 is 0 Å². The number of hydrogen-bond acceptors (Lipinski definition) is 4. The maximum atomic E-state index is 12.6. The Balaban J connectivity index is 1.76. The van der Waals surface area contributed by atoms with Crippen molar-refractivity contribution in [1.29, 1.82) is 0 Å². The molecule has 138 valence electrons. The number of nitrogens with zero attached hydrogens (tertiary/aromatic N) is 2. The molecule has 2 heterocycles. The lowest BCUT2D eigenvalue weighted by molar-refractivity contribution is 0.0152. The summed E-state index contributed by atoms with van der Waals surface area (Å²) >= 11 is 0. The van der Waals surface area contributed by atoms with Gasteiger partial charge in [-0.2, -0.15) is 12.7 Å². The fourth-order valence-electron chi connectivity index (χ4n) is 3.22. The van der Waals surface area contributed by atoms with Crippen molar-refractivity contribution in [2.75, 3.05) is 17.8 Å². The molecule has 0 bridgehead atoms. The molecule has 1 saturated heterocycles. The third-order valence-electron chi connectivity index (χ3n) is 4.35. The van der Waals surface area contributed by atoms with Crippen molar-refractivity contribution in [3.8, 4) is 0 Å². The Morgan fingerprint density at radius 2 is 2.00 bits per heavy atom. The van der Waals surface area contributed by atoms with Crippen molar-refractivity contribution < 1.29 is 17.9 Å². The minimum atomic E-state index is -3.62. The van der Waals surface area contributed by atoms with Gasteiger partial charge in [0.15, 0.2) is 0 Å². The zero-order valence-corrected chi connectivity index (χ0v) is 15.7. The minimum Gasteiger partial charge on any atom is -0.444 e. The average Bonchev–Trinajstić information content (AvgIpc) is 2.52. The lowest BCUT2D eigenvalue weighted by atomic mass is 10.1. The maximum Gasteiger partial charge on any atom is 0.410 e. The second kappa shape index (κ2) is 6.49. The van der Waals surface area contributed by atoms with Gasteiger partial charge in [0.05, 0.1) is 5.69 Å². The first kappa shape index (κ1) is 18.0. The highest BCUT2D eigenvalue weighted by Gasteiger charge is 2.38. The molecule has 2 aliphatic rings. The van der Waals surface area contributed by atoms with Crippen molar-refractivity contribution in [3.63, 3.8) is 0 Å². The van der Waals surface area contributed by atoms with Crippen LogP contribution in [0, 0.1) is 0 Å². The Morgan fingerprint density at radius 3 is 2.72 bits per heavy atom. The highest BCUT2D eigenvalue weighted by molar-refractivity contribution is 7.90. The summed E-state index contributed by atoms with van der Waals surface area (Å²) in [6, 6.07) is 7.12. The summed E-state index contributed by atoms with van der Waals surface area (Å²) in [5, 5.41) is 0. The number of carbonyl (C=O) groups excluding carboxylic acids is 1. The largest absolute Gasteiger partial charge is 0.444 e. The summed E-state index contributed by atoms with van der Waals surface area (Å²) in [4.78, 5) is 13.9. The molecule has 0 radical (unpaired) electrons. The van der Waals surface area contributed by atoms with Crippen molar-refractivity contribution in [2.24, 2.45) is 0 Å². The van der Waals surface area contributed by atoms with Crippen molar-refractivity contribution in [2.45, 2.75) is 51.8 Å². The first-order valence-corrected chi connectivity index (χ1v) is 9.95. The van der Waals surface area contributed by atoms with Gasteiger partial charge in [-0.1, -0.05) is 18.2 Å². The topological polar surface area (TPSA) is 79.0 Å². The Labute approximate surface area is 149 Å². The molecule has 1 N–H and O–H groups in total. The highest BCUT2D eigenvalue weighted by atomic mass is 32.2. The molecule has 7 nitrogen and oxygen atoms in total. The first-order chi connectivity index (χ1) is 11.7. The molecular weight excluding hydrogens is 342 g/mol. The molecule has 0 saturated carbocycles. The Bertz CT molecular complexity index is 757. The number of hydrogen-bond donors (Lipinski definition) is 1. The molecule has 8 heteroatoms. The predicted octanol–water partition coefficient (Wildman–Crippen LogP) is 2.56. The van der Waals surface area contributed by atoms with E-state index in [-0.39, 0.29) is 12.1 Å². The SMILES string of the molecule is CC(C)(C)OC(=O)N1CCC[C@@H](N2Cc3ccccc3NS2(=O)=O)C1. The van der Waals surface area contributed by atoms with E-state index in [0.717, 1.165) is 18.4 Å². The smallest absolute Gasteiger partial charge is 0.410 e. The lowest BCUT2D eigenvalue weighted by Gasteiger charge is -2.40. The maximum absolute atomic E-state index is 12.6. The van der Waals surface area contributed by atoms with Gasteiger partial charge in [0, 0.05) is 25.7 Å². The van der Waals surface area contributed by atoms with E-state index >= 15 is 0 Å². The Kier molecular flexibility index (Phi) is 4.68. The molecule has 0 unspecified atom stereocenters. The molecule has 25 heavy (non-hydrogen) atoms. The number of benzene rings is 1. The predicted molar refractivity (Wildman–Crippen MR) is 95.4 cm³/mol. The van der Waals surface area contributed by atoms with Gasteiger partial charge in [-0.05, 0) is 45.2 Å². The van der Waals surface area contributed by atoms with Gasteiger partial charge >= 0.3 is 16.3 Å². The van der Waals surface area contributed by atoms with Crippen LogP contribution in [-0.4, -0.2) is 48.4 Å². The average molecular weight is 367 g/mol. The monoisotopic (exact) mass is 367 g/mol. The Morgan fingerprint density at radius 1 is 1.28 bits per heavy atom. The molecule has 1 aromatic carbocycles. The summed E-state index contributed by atoms with van der Waals surface area (Å²) in [7, 11) is -3.62. The summed E-state index contributed by atoms with van der Waals surface area (Å²) in [5.41, 5.74) is 0.993. The number of rotatable bonds is 1. The van der Waals surface area contributed by atoms with Crippen LogP contribution in [0.15, 0.2) is 24.3 Å². The summed E-state index contributed by atoms with van der Waals surface area (Å²) in [5.74, 6) is 0. The number of piperidine rings is 1. The lowest BCUT2D eigenvalue weighted by Crippen LogP contribution is -2.54. The number of fused-ring (bicyclic) bond motifs is 1. The Hall–Kier alpha value is -1.80. The van der Waals surface area contributed by atoms with Gasteiger partial charge in [-0.3, -0.25) is 4.72 Å². The van der Waals surface area contributed by atoms with Crippen molar-refractivity contribution >= 4 is 22.0 Å². The molecule has 1 atom stereocenters. The zero-order chi connectivity index (χ0) is 18.2. The van der Waals surface area contributed by atoms with E-state index in [4.69, 9.17) is 4.74 Å². The second-order valence-corrected chi connectivity index (χ2v) is 9.16.